The maximum atomic E-state index is 12.6. The van der Waals surface area contributed by atoms with Crippen molar-refractivity contribution in [3.8, 4) is 11.5 Å². The maximum absolute atomic E-state index is 12.6. The molecule has 0 atom stereocenters. The average Bonchev–Trinajstić information content (AvgIpc) is 3.21. The second kappa shape index (κ2) is 10.9. The van der Waals surface area contributed by atoms with Crippen LogP contribution >= 0.6 is 11.6 Å². The van der Waals surface area contributed by atoms with Crippen molar-refractivity contribution in [1.29, 1.82) is 0 Å². The van der Waals surface area contributed by atoms with Gasteiger partial charge in [-0.05, 0) is 54.4 Å². The number of nitrogens with one attached hydrogen (secondary N) is 1. The van der Waals surface area contributed by atoms with E-state index < -0.39 is 0 Å². The van der Waals surface area contributed by atoms with E-state index in [-0.39, 0.29) is 12.5 Å². The number of para-hydroxylation sites is 2. The van der Waals surface area contributed by atoms with Crippen LogP contribution in [0.1, 0.15) is 21.7 Å². The number of benzene rings is 3. The second-order valence-corrected chi connectivity index (χ2v) is 8.12. The first-order chi connectivity index (χ1) is 16.6. The Bertz CT molecular complexity index is 1320. The first-order valence-electron chi connectivity index (χ1n) is 11.0. The molecule has 0 aliphatic carbocycles. The second-order valence-electron chi connectivity index (χ2n) is 7.69. The number of imidazole rings is 1. The van der Waals surface area contributed by atoms with Gasteiger partial charge in [0.2, 0.25) is 0 Å². The molecular weight excluding hydrogens is 450 g/mol. The lowest BCUT2D eigenvalue weighted by Gasteiger charge is -2.14. The van der Waals surface area contributed by atoms with Gasteiger partial charge in [0.05, 0.1) is 31.2 Å². The molecule has 3 aromatic carbocycles. The molecule has 1 aromatic heterocycles. The zero-order valence-electron chi connectivity index (χ0n) is 19.0. The van der Waals surface area contributed by atoms with Crippen molar-refractivity contribution >= 4 is 28.5 Å². The van der Waals surface area contributed by atoms with Gasteiger partial charge in [0, 0.05) is 10.6 Å². The van der Waals surface area contributed by atoms with Crippen LogP contribution in [0.2, 0.25) is 5.02 Å². The van der Waals surface area contributed by atoms with Crippen molar-refractivity contribution in [2.45, 2.75) is 19.5 Å². The molecule has 6 nitrogen and oxygen atoms in total. The SMILES string of the molecule is C=CCc1ccc(OCCn2c(CNC(=O)c3cccc(Cl)c3)nc3ccccc32)c(OC)c1. The zero-order valence-corrected chi connectivity index (χ0v) is 19.7. The van der Waals surface area contributed by atoms with Gasteiger partial charge in [0.15, 0.2) is 11.5 Å². The van der Waals surface area contributed by atoms with Crippen molar-refractivity contribution in [3.05, 3.63) is 101 Å². The highest BCUT2D eigenvalue weighted by Crippen LogP contribution is 2.28. The van der Waals surface area contributed by atoms with Crippen LogP contribution in [0.5, 0.6) is 11.5 Å². The average molecular weight is 476 g/mol. The minimum Gasteiger partial charge on any atom is -0.493 e. The van der Waals surface area contributed by atoms with Crippen molar-refractivity contribution in [1.82, 2.24) is 14.9 Å². The molecule has 0 saturated carbocycles. The Hall–Kier alpha value is -3.77. The molecule has 4 aromatic rings. The van der Waals surface area contributed by atoms with Gasteiger partial charge in [-0.3, -0.25) is 4.79 Å². The van der Waals surface area contributed by atoms with E-state index in [0.717, 1.165) is 28.8 Å². The number of fused-ring (bicyclic) bond motifs is 1. The van der Waals surface area contributed by atoms with Gasteiger partial charge < -0.3 is 19.4 Å². The number of carbonyl (C=O) groups is 1. The Morgan fingerprint density at radius 2 is 1.97 bits per heavy atom. The fourth-order valence-corrected chi connectivity index (χ4v) is 3.96. The van der Waals surface area contributed by atoms with Crippen LogP contribution in [-0.2, 0) is 19.5 Å². The largest absolute Gasteiger partial charge is 0.493 e. The highest BCUT2D eigenvalue weighted by Gasteiger charge is 2.13. The van der Waals surface area contributed by atoms with Gasteiger partial charge in [0.1, 0.15) is 12.4 Å². The predicted octanol–water partition coefficient (Wildman–Crippen LogP) is 5.44. The number of hydrogen-bond donors (Lipinski definition) is 1. The third kappa shape index (κ3) is 5.41. The molecule has 7 heteroatoms. The fourth-order valence-electron chi connectivity index (χ4n) is 3.77. The van der Waals surface area contributed by atoms with Crippen molar-refractivity contribution in [2.24, 2.45) is 0 Å². The summed E-state index contributed by atoms with van der Waals surface area (Å²) in [5, 5.41) is 3.46. The van der Waals surface area contributed by atoms with Crippen molar-refractivity contribution < 1.29 is 14.3 Å². The molecule has 0 aliphatic heterocycles. The van der Waals surface area contributed by atoms with Crippen LogP contribution in [0.4, 0.5) is 0 Å². The summed E-state index contributed by atoms with van der Waals surface area (Å²) >= 11 is 6.01. The third-order valence-electron chi connectivity index (χ3n) is 5.41. The Labute approximate surface area is 203 Å². The molecule has 0 unspecified atom stereocenters. The first-order valence-corrected chi connectivity index (χ1v) is 11.4. The molecule has 1 heterocycles. The van der Waals surface area contributed by atoms with E-state index in [0.29, 0.717) is 35.2 Å². The summed E-state index contributed by atoms with van der Waals surface area (Å²) in [7, 11) is 1.63. The highest BCUT2D eigenvalue weighted by atomic mass is 35.5. The Balaban J connectivity index is 1.48. The zero-order chi connectivity index (χ0) is 23.9. The number of halogens is 1. The van der Waals surface area contributed by atoms with E-state index in [4.69, 9.17) is 26.1 Å². The van der Waals surface area contributed by atoms with Crippen LogP contribution in [0, 0.1) is 0 Å². The summed E-state index contributed by atoms with van der Waals surface area (Å²) in [4.78, 5) is 17.3. The van der Waals surface area contributed by atoms with E-state index in [1.54, 1.807) is 31.4 Å². The molecule has 34 heavy (non-hydrogen) atoms. The molecule has 0 radical (unpaired) electrons. The van der Waals surface area contributed by atoms with Gasteiger partial charge in [0.25, 0.3) is 5.91 Å². The molecular formula is C27H26ClN3O3. The molecule has 0 fully saturated rings. The quantitative estimate of drug-likeness (QED) is 0.310. The summed E-state index contributed by atoms with van der Waals surface area (Å²) in [5.74, 6) is 1.90. The molecule has 0 aliphatic rings. The van der Waals surface area contributed by atoms with Crippen LogP contribution in [0.15, 0.2) is 79.4 Å². The van der Waals surface area contributed by atoms with Gasteiger partial charge in [-0.25, -0.2) is 4.98 Å². The van der Waals surface area contributed by atoms with Gasteiger partial charge in [-0.2, -0.15) is 0 Å². The summed E-state index contributed by atoms with van der Waals surface area (Å²) in [6.07, 6.45) is 2.62. The minimum absolute atomic E-state index is 0.207. The molecule has 1 amide bonds. The Morgan fingerprint density at radius 3 is 2.76 bits per heavy atom. The molecule has 0 spiro atoms. The Morgan fingerprint density at radius 1 is 1.12 bits per heavy atom. The smallest absolute Gasteiger partial charge is 0.251 e. The maximum Gasteiger partial charge on any atom is 0.251 e. The standard InChI is InChI=1S/C27H26ClN3O3/c1-3-7-19-12-13-24(25(16-19)33-2)34-15-14-31-23-11-5-4-10-22(23)30-26(31)18-29-27(32)20-8-6-9-21(28)17-20/h3-6,8-13,16-17H,1,7,14-15,18H2,2H3,(H,29,32). The third-order valence-corrected chi connectivity index (χ3v) is 5.64. The lowest BCUT2D eigenvalue weighted by atomic mass is 10.1. The number of methoxy groups -OCH3 is 1. The number of carbonyl (C=O) groups excluding carboxylic acids is 1. The molecule has 4 rings (SSSR count). The number of amides is 1. The first kappa shape index (κ1) is 23.4. The summed E-state index contributed by atoms with van der Waals surface area (Å²) in [5.41, 5.74) is 3.45. The van der Waals surface area contributed by atoms with Gasteiger partial charge in [-0.1, -0.05) is 41.9 Å². The molecule has 174 valence electrons. The van der Waals surface area contributed by atoms with E-state index in [1.165, 1.54) is 0 Å². The predicted molar refractivity (Wildman–Crippen MR) is 135 cm³/mol. The summed E-state index contributed by atoms with van der Waals surface area (Å²) in [6, 6.07) is 20.6. The van der Waals surface area contributed by atoms with E-state index >= 15 is 0 Å². The minimum atomic E-state index is -0.207. The summed E-state index contributed by atoms with van der Waals surface area (Å²) < 4.78 is 13.6. The highest BCUT2D eigenvalue weighted by molar-refractivity contribution is 6.30. The number of rotatable bonds is 10. The number of aromatic nitrogens is 2. The normalized spacial score (nSPS) is 10.8. The molecule has 0 bridgehead atoms. The monoisotopic (exact) mass is 475 g/mol. The molecule has 1 N–H and O–H groups in total. The topological polar surface area (TPSA) is 65.4 Å². The Kier molecular flexibility index (Phi) is 7.50. The van der Waals surface area contributed by atoms with E-state index in [9.17, 15) is 4.79 Å². The van der Waals surface area contributed by atoms with E-state index in [1.807, 2.05) is 48.5 Å². The van der Waals surface area contributed by atoms with Crippen LogP contribution in [0.3, 0.4) is 0 Å². The van der Waals surface area contributed by atoms with Crippen molar-refractivity contribution in [3.63, 3.8) is 0 Å². The molecule has 0 saturated heterocycles. The number of nitrogens with zero attached hydrogens (tertiary/aromatic N) is 2. The number of allylic oxidation sites excluding steroid dienone is 1. The fraction of sp³-hybridized carbons (Fsp3) is 0.185. The van der Waals surface area contributed by atoms with E-state index in [2.05, 4.69) is 16.5 Å². The number of ether oxygens (including phenoxy) is 2. The van der Waals surface area contributed by atoms with Crippen LogP contribution < -0.4 is 14.8 Å². The van der Waals surface area contributed by atoms with Crippen LogP contribution in [-0.4, -0.2) is 29.2 Å². The van der Waals surface area contributed by atoms with Gasteiger partial charge in [-0.15, -0.1) is 6.58 Å². The van der Waals surface area contributed by atoms with Crippen molar-refractivity contribution in [2.75, 3.05) is 13.7 Å². The van der Waals surface area contributed by atoms with Crippen LogP contribution in [0.25, 0.3) is 11.0 Å². The summed E-state index contributed by atoms with van der Waals surface area (Å²) in [6.45, 7) is 5.02. The lowest BCUT2D eigenvalue weighted by Crippen LogP contribution is -2.25. The van der Waals surface area contributed by atoms with Gasteiger partial charge >= 0.3 is 0 Å². The lowest BCUT2D eigenvalue weighted by molar-refractivity contribution is 0.0949. The number of hydrogen-bond acceptors (Lipinski definition) is 4.